The normalized spacial score (nSPS) is 20.8. The Hall–Kier alpha value is -0.380. The summed E-state index contributed by atoms with van der Waals surface area (Å²) in [6.45, 7) is 6.85. The standard InChI is InChI=1S/C16H28N4OS.HI/c1-13(12-21-2)19-16(17)18-9-14-5-3-7-20(10-14)11-15-6-4-8-22-15;/h4,6,8,13-14H,3,5,7,9-12H2,1-2H3,(H3,17,18,19);1H. The van der Waals surface area contributed by atoms with Crippen molar-refractivity contribution >= 4 is 41.3 Å². The number of nitrogens with one attached hydrogen (secondary N) is 1. The number of guanidine groups is 1. The Balaban J connectivity index is 0.00000264. The molecule has 1 fully saturated rings. The molecule has 1 saturated heterocycles. The molecule has 0 bridgehead atoms. The number of methoxy groups -OCH3 is 1. The van der Waals surface area contributed by atoms with E-state index in [2.05, 4.69) is 32.7 Å². The van der Waals surface area contributed by atoms with Gasteiger partial charge in [-0.05, 0) is 43.7 Å². The van der Waals surface area contributed by atoms with Crippen LogP contribution in [0.15, 0.2) is 22.5 Å². The topological polar surface area (TPSA) is 62.9 Å². The molecule has 5 nitrogen and oxygen atoms in total. The number of hydrogen-bond donors (Lipinski definition) is 2. The van der Waals surface area contributed by atoms with Crippen LogP contribution in [0.1, 0.15) is 24.6 Å². The zero-order valence-electron chi connectivity index (χ0n) is 14.0. The van der Waals surface area contributed by atoms with Crippen LogP contribution in [-0.2, 0) is 11.3 Å². The maximum atomic E-state index is 5.94. The van der Waals surface area contributed by atoms with E-state index in [1.807, 2.05) is 18.3 Å². The van der Waals surface area contributed by atoms with Gasteiger partial charge in [-0.15, -0.1) is 35.3 Å². The van der Waals surface area contributed by atoms with Gasteiger partial charge < -0.3 is 15.8 Å². The van der Waals surface area contributed by atoms with Crippen molar-refractivity contribution in [2.24, 2.45) is 16.6 Å². The van der Waals surface area contributed by atoms with E-state index in [9.17, 15) is 0 Å². The highest BCUT2D eigenvalue weighted by atomic mass is 127. The smallest absolute Gasteiger partial charge is 0.188 e. The van der Waals surface area contributed by atoms with E-state index in [-0.39, 0.29) is 30.0 Å². The van der Waals surface area contributed by atoms with E-state index < -0.39 is 0 Å². The maximum absolute atomic E-state index is 5.94. The average molecular weight is 452 g/mol. The van der Waals surface area contributed by atoms with E-state index in [1.54, 1.807) is 7.11 Å². The fourth-order valence-electron chi connectivity index (χ4n) is 2.88. The molecule has 1 aromatic heterocycles. The second-order valence-electron chi connectivity index (χ2n) is 6.05. The fourth-order valence-corrected chi connectivity index (χ4v) is 3.63. The van der Waals surface area contributed by atoms with Crippen LogP contribution >= 0.6 is 35.3 Å². The molecule has 132 valence electrons. The third kappa shape index (κ3) is 7.82. The second-order valence-corrected chi connectivity index (χ2v) is 7.08. The third-order valence-corrected chi connectivity index (χ3v) is 4.75. The number of rotatable bonds is 7. The number of nitrogens with zero attached hydrogens (tertiary/aromatic N) is 2. The Morgan fingerprint density at radius 3 is 3.13 bits per heavy atom. The van der Waals surface area contributed by atoms with Gasteiger partial charge in [-0.25, -0.2) is 0 Å². The Labute approximate surface area is 160 Å². The van der Waals surface area contributed by atoms with Gasteiger partial charge in [-0.3, -0.25) is 9.89 Å². The molecule has 2 atom stereocenters. The van der Waals surface area contributed by atoms with Crippen molar-refractivity contribution in [2.75, 3.05) is 33.4 Å². The van der Waals surface area contributed by atoms with Crippen LogP contribution in [0.3, 0.4) is 0 Å². The van der Waals surface area contributed by atoms with Gasteiger partial charge in [0.05, 0.1) is 6.61 Å². The monoisotopic (exact) mass is 452 g/mol. The van der Waals surface area contributed by atoms with Gasteiger partial charge in [-0.1, -0.05) is 6.07 Å². The van der Waals surface area contributed by atoms with Crippen molar-refractivity contribution in [1.29, 1.82) is 0 Å². The van der Waals surface area contributed by atoms with Crippen molar-refractivity contribution in [3.8, 4) is 0 Å². The summed E-state index contributed by atoms with van der Waals surface area (Å²) in [5.74, 6) is 1.13. The lowest BCUT2D eigenvalue weighted by atomic mass is 9.98. The predicted octanol–water partition coefficient (Wildman–Crippen LogP) is 2.52. The molecular weight excluding hydrogens is 423 g/mol. The summed E-state index contributed by atoms with van der Waals surface area (Å²) in [5, 5.41) is 5.31. The molecule has 1 aromatic rings. The number of ether oxygens (including phenoxy) is 1. The van der Waals surface area contributed by atoms with E-state index in [0.29, 0.717) is 18.5 Å². The first kappa shape index (κ1) is 20.7. The van der Waals surface area contributed by atoms with Crippen molar-refractivity contribution in [2.45, 2.75) is 32.4 Å². The van der Waals surface area contributed by atoms with Gasteiger partial charge in [0.2, 0.25) is 0 Å². The van der Waals surface area contributed by atoms with Crippen molar-refractivity contribution in [1.82, 2.24) is 10.2 Å². The SMILES string of the molecule is COCC(C)NC(N)=NCC1CCCN(Cc2cccs2)C1.I. The molecule has 0 spiro atoms. The minimum Gasteiger partial charge on any atom is -0.383 e. The quantitative estimate of drug-likeness (QED) is 0.379. The van der Waals surface area contributed by atoms with Crippen LogP contribution < -0.4 is 11.1 Å². The molecule has 7 heteroatoms. The summed E-state index contributed by atoms with van der Waals surface area (Å²) in [5.41, 5.74) is 5.94. The first-order chi connectivity index (χ1) is 10.7. The van der Waals surface area contributed by atoms with Crippen LogP contribution in [0.2, 0.25) is 0 Å². The van der Waals surface area contributed by atoms with Gasteiger partial charge >= 0.3 is 0 Å². The molecule has 2 unspecified atom stereocenters. The lowest BCUT2D eigenvalue weighted by Crippen LogP contribution is -2.41. The maximum Gasteiger partial charge on any atom is 0.188 e. The number of halogens is 1. The van der Waals surface area contributed by atoms with Crippen LogP contribution in [-0.4, -0.2) is 50.3 Å². The third-order valence-electron chi connectivity index (χ3n) is 3.89. The molecule has 3 N–H and O–H groups in total. The molecule has 1 aliphatic heterocycles. The number of hydrogen-bond acceptors (Lipinski definition) is 4. The van der Waals surface area contributed by atoms with Crippen LogP contribution in [0.5, 0.6) is 0 Å². The number of aliphatic imine (C=N–C) groups is 1. The van der Waals surface area contributed by atoms with Gasteiger partial charge in [0.25, 0.3) is 0 Å². The number of nitrogens with two attached hydrogens (primary N) is 1. The van der Waals surface area contributed by atoms with Gasteiger partial charge in [0, 0.05) is 37.7 Å². The van der Waals surface area contributed by atoms with Crippen LogP contribution in [0.25, 0.3) is 0 Å². The molecule has 1 aliphatic rings. The lowest BCUT2D eigenvalue weighted by Gasteiger charge is -2.31. The summed E-state index contributed by atoms with van der Waals surface area (Å²) < 4.78 is 5.08. The Morgan fingerprint density at radius 2 is 2.43 bits per heavy atom. The fraction of sp³-hybridized carbons (Fsp3) is 0.688. The van der Waals surface area contributed by atoms with E-state index in [4.69, 9.17) is 10.5 Å². The average Bonchev–Trinajstić information content (AvgIpc) is 2.99. The molecule has 23 heavy (non-hydrogen) atoms. The van der Waals surface area contributed by atoms with Crippen molar-refractivity contribution in [3.63, 3.8) is 0 Å². The molecule has 2 rings (SSSR count). The molecule has 2 heterocycles. The first-order valence-corrected chi connectivity index (χ1v) is 8.85. The minimum absolute atomic E-state index is 0. The summed E-state index contributed by atoms with van der Waals surface area (Å²) in [4.78, 5) is 8.48. The molecule has 0 amide bonds. The molecule has 0 saturated carbocycles. The number of piperidine rings is 1. The lowest BCUT2D eigenvalue weighted by molar-refractivity contribution is 0.172. The molecular formula is C16H29IN4OS. The van der Waals surface area contributed by atoms with E-state index >= 15 is 0 Å². The number of thiophene rings is 1. The Morgan fingerprint density at radius 1 is 1.61 bits per heavy atom. The van der Waals surface area contributed by atoms with Crippen LogP contribution in [0.4, 0.5) is 0 Å². The summed E-state index contributed by atoms with van der Waals surface area (Å²) in [7, 11) is 1.69. The molecule has 0 radical (unpaired) electrons. The summed E-state index contributed by atoms with van der Waals surface area (Å²) >= 11 is 1.84. The number of likely N-dealkylation sites (tertiary alicyclic amines) is 1. The molecule has 0 aliphatic carbocycles. The van der Waals surface area contributed by atoms with E-state index in [0.717, 1.165) is 19.6 Å². The highest BCUT2D eigenvalue weighted by molar-refractivity contribution is 14.0. The summed E-state index contributed by atoms with van der Waals surface area (Å²) in [6, 6.07) is 4.53. The van der Waals surface area contributed by atoms with Gasteiger partial charge in [0.15, 0.2) is 5.96 Å². The highest BCUT2D eigenvalue weighted by Gasteiger charge is 2.20. The van der Waals surface area contributed by atoms with Crippen molar-refractivity contribution < 1.29 is 4.74 Å². The molecule has 0 aromatic carbocycles. The Bertz CT molecular complexity index is 455. The first-order valence-electron chi connectivity index (χ1n) is 7.97. The minimum atomic E-state index is 0. The Kier molecular flexibility index (Phi) is 10.1. The van der Waals surface area contributed by atoms with E-state index in [1.165, 1.54) is 24.3 Å². The summed E-state index contributed by atoms with van der Waals surface area (Å²) in [6.07, 6.45) is 2.49. The predicted molar refractivity (Wildman–Crippen MR) is 109 cm³/mol. The zero-order chi connectivity index (χ0) is 15.8. The highest BCUT2D eigenvalue weighted by Crippen LogP contribution is 2.20. The second kappa shape index (κ2) is 11.2. The van der Waals surface area contributed by atoms with Crippen LogP contribution in [0, 0.1) is 5.92 Å². The van der Waals surface area contributed by atoms with Gasteiger partial charge in [0.1, 0.15) is 0 Å². The largest absolute Gasteiger partial charge is 0.383 e. The van der Waals surface area contributed by atoms with Gasteiger partial charge in [-0.2, -0.15) is 0 Å². The van der Waals surface area contributed by atoms with Crippen molar-refractivity contribution in [3.05, 3.63) is 22.4 Å². The zero-order valence-corrected chi connectivity index (χ0v) is 17.2.